The smallest absolute Gasteiger partial charge is 0.251 e. The fourth-order valence-corrected chi connectivity index (χ4v) is 2.74. The molecule has 0 radical (unpaired) electrons. The Balaban J connectivity index is 1.56. The first-order valence-electron chi connectivity index (χ1n) is 7.98. The van der Waals surface area contributed by atoms with Crippen LogP contribution in [-0.4, -0.2) is 25.5 Å². The van der Waals surface area contributed by atoms with Crippen molar-refractivity contribution in [2.45, 2.75) is 6.54 Å². The van der Waals surface area contributed by atoms with Crippen LogP contribution in [0.4, 0.5) is 0 Å². The summed E-state index contributed by atoms with van der Waals surface area (Å²) < 4.78 is 1.83. The number of hydrogen-bond acceptors (Lipinski definition) is 4. The lowest BCUT2D eigenvalue weighted by atomic mass is 10.2. The monoisotopic (exact) mass is 363 g/mol. The molecule has 0 aliphatic carbocycles. The SMILES string of the molecule is O=C(NCc1cccnc1)c1ccn2c(-c3ccc(Cl)cc3)nnc2c1. The standard InChI is InChI=1S/C19H14ClN5O/c20-16-5-3-14(4-6-16)18-24-23-17-10-15(7-9-25(17)18)19(26)22-12-13-2-1-8-21-11-13/h1-11H,12H2,(H,22,26). The summed E-state index contributed by atoms with van der Waals surface area (Å²) >= 11 is 5.93. The summed E-state index contributed by atoms with van der Waals surface area (Å²) in [5.41, 5.74) is 2.96. The number of carbonyl (C=O) groups is 1. The molecule has 1 aromatic carbocycles. The summed E-state index contributed by atoms with van der Waals surface area (Å²) in [6.07, 6.45) is 5.21. The molecule has 1 N–H and O–H groups in total. The Hall–Kier alpha value is -3.25. The van der Waals surface area contributed by atoms with Crippen LogP contribution in [0.15, 0.2) is 67.1 Å². The summed E-state index contributed by atoms with van der Waals surface area (Å²) in [6, 6.07) is 14.6. The first-order valence-corrected chi connectivity index (χ1v) is 8.36. The number of pyridine rings is 2. The van der Waals surface area contributed by atoms with E-state index in [4.69, 9.17) is 11.6 Å². The van der Waals surface area contributed by atoms with Gasteiger partial charge in [-0.1, -0.05) is 17.7 Å². The number of aromatic nitrogens is 4. The molecular formula is C19H14ClN5O. The Kier molecular flexibility index (Phi) is 4.33. The second-order valence-corrected chi connectivity index (χ2v) is 6.15. The highest BCUT2D eigenvalue weighted by atomic mass is 35.5. The third kappa shape index (κ3) is 3.27. The number of nitrogens with one attached hydrogen (secondary N) is 1. The van der Waals surface area contributed by atoms with Gasteiger partial charge in [0.2, 0.25) is 0 Å². The largest absolute Gasteiger partial charge is 0.348 e. The van der Waals surface area contributed by atoms with E-state index in [0.717, 1.165) is 11.1 Å². The topological polar surface area (TPSA) is 72.2 Å². The number of benzene rings is 1. The molecule has 0 aliphatic heterocycles. The van der Waals surface area contributed by atoms with Crippen molar-refractivity contribution in [2.75, 3.05) is 0 Å². The molecule has 0 fully saturated rings. The second kappa shape index (κ2) is 6.93. The van der Waals surface area contributed by atoms with Crippen molar-refractivity contribution in [2.24, 2.45) is 0 Å². The maximum absolute atomic E-state index is 12.4. The van der Waals surface area contributed by atoms with E-state index in [0.29, 0.717) is 28.6 Å². The van der Waals surface area contributed by atoms with Crippen LogP contribution in [0.2, 0.25) is 5.02 Å². The lowest BCUT2D eigenvalue weighted by molar-refractivity contribution is 0.0951. The van der Waals surface area contributed by atoms with Gasteiger partial charge >= 0.3 is 0 Å². The quantitative estimate of drug-likeness (QED) is 0.603. The van der Waals surface area contributed by atoms with E-state index in [1.807, 2.05) is 28.7 Å². The number of halogens is 1. The van der Waals surface area contributed by atoms with Crippen LogP contribution in [0.1, 0.15) is 15.9 Å². The van der Waals surface area contributed by atoms with E-state index in [-0.39, 0.29) is 5.91 Å². The van der Waals surface area contributed by atoms with E-state index in [1.165, 1.54) is 0 Å². The predicted octanol–water partition coefficient (Wildman–Crippen LogP) is 3.37. The molecule has 4 rings (SSSR count). The second-order valence-electron chi connectivity index (χ2n) is 5.72. The Labute approximate surface area is 154 Å². The average Bonchev–Trinajstić information content (AvgIpc) is 3.11. The van der Waals surface area contributed by atoms with Crippen molar-refractivity contribution in [3.8, 4) is 11.4 Å². The number of amides is 1. The Morgan fingerprint density at radius 2 is 1.96 bits per heavy atom. The fraction of sp³-hybridized carbons (Fsp3) is 0.0526. The van der Waals surface area contributed by atoms with Gasteiger partial charge < -0.3 is 5.32 Å². The van der Waals surface area contributed by atoms with Gasteiger partial charge in [0.1, 0.15) is 0 Å². The molecule has 0 unspecified atom stereocenters. The van der Waals surface area contributed by atoms with Crippen molar-refractivity contribution >= 4 is 23.2 Å². The molecule has 1 amide bonds. The third-order valence-corrected chi connectivity index (χ3v) is 4.20. The van der Waals surface area contributed by atoms with Gasteiger partial charge in [0, 0.05) is 41.3 Å². The summed E-state index contributed by atoms with van der Waals surface area (Å²) in [4.78, 5) is 16.4. The minimum Gasteiger partial charge on any atom is -0.348 e. The highest BCUT2D eigenvalue weighted by Crippen LogP contribution is 2.21. The Morgan fingerprint density at radius 3 is 2.73 bits per heavy atom. The van der Waals surface area contributed by atoms with Gasteiger partial charge in [0.15, 0.2) is 11.5 Å². The van der Waals surface area contributed by atoms with Crippen molar-refractivity contribution in [3.63, 3.8) is 0 Å². The van der Waals surface area contributed by atoms with Gasteiger partial charge in [-0.05, 0) is 48.0 Å². The molecule has 0 aliphatic rings. The number of carbonyl (C=O) groups excluding carboxylic acids is 1. The van der Waals surface area contributed by atoms with Crippen LogP contribution < -0.4 is 5.32 Å². The van der Waals surface area contributed by atoms with Crippen LogP contribution >= 0.6 is 11.6 Å². The molecule has 26 heavy (non-hydrogen) atoms. The van der Waals surface area contributed by atoms with E-state index in [2.05, 4.69) is 20.5 Å². The van der Waals surface area contributed by atoms with Gasteiger partial charge in [-0.25, -0.2) is 0 Å². The molecule has 0 atom stereocenters. The third-order valence-electron chi connectivity index (χ3n) is 3.95. The summed E-state index contributed by atoms with van der Waals surface area (Å²) in [7, 11) is 0. The maximum Gasteiger partial charge on any atom is 0.251 e. The van der Waals surface area contributed by atoms with Crippen LogP contribution in [-0.2, 0) is 6.54 Å². The van der Waals surface area contributed by atoms with E-state index in [1.54, 1.807) is 42.9 Å². The van der Waals surface area contributed by atoms with Crippen molar-refractivity contribution < 1.29 is 4.79 Å². The van der Waals surface area contributed by atoms with Crippen LogP contribution in [0, 0.1) is 0 Å². The van der Waals surface area contributed by atoms with Gasteiger partial charge in [-0.15, -0.1) is 10.2 Å². The summed E-state index contributed by atoms with van der Waals surface area (Å²) in [6.45, 7) is 0.417. The summed E-state index contributed by atoms with van der Waals surface area (Å²) in [5, 5.41) is 11.9. The van der Waals surface area contributed by atoms with Gasteiger partial charge in [0.05, 0.1) is 0 Å². The molecule has 4 aromatic rings. The summed E-state index contributed by atoms with van der Waals surface area (Å²) in [5.74, 6) is 0.520. The minimum atomic E-state index is -0.174. The lowest BCUT2D eigenvalue weighted by Crippen LogP contribution is -2.22. The van der Waals surface area contributed by atoms with Crippen LogP contribution in [0.3, 0.4) is 0 Å². The van der Waals surface area contributed by atoms with E-state index >= 15 is 0 Å². The Bertz CT molecular complexity index is 1060. The van der Waals surface area contributed by atoms with Crippen LogP contribution in [0.25, 0.3) is 17.0 Å². The Morgan fingerprint density at radius 1 is 1.12 bits per heavy atom. The number of nitrogens with zero attached hydrogens (tertiary/aromatic N) is 4. The zero-order valence-electron chi connectivity index (χ0n) is 13.6. The molecule has 3 heterocycles. The van der Waals surface area contributed by atoms with E-state index in [9.17, 15) is 4.79 Å². The molecular weight excluding hydrogens is 350 g/mol. The number of rotatable bonds is 4. The van der Waals surface area contributed by atoms with Gasteiger partial charge in [-0.3, -0.25) is 14.2 Å². The lowest BCUT2D eigenvalue weighted by Gasteiger charge is -2.06. The van der Waals surface area contributed by atoms with Crippen molar-refractivity contribution in [1.29, 1.82) is 0 Å². The van der Waals surface area contributed by atoms with Crippen molar-refractivity contribution in [3.05, 3.63) is 83.3 Å². The highest BCUT2D eigenvalue weighted by molar-refractivity contribution is 6.30. The molecule has 7 heteroatoms. The molecule has 3 aromatic heterocycles. The molecule has 128 valence electrons. The number of fused-ring (bicyclic) bond motifs is 1. The zero-order valence-corrected chi connectivity index (χ0v) is 14.4. The molecule has 0 spiro atoms. The van der Waals surface area contributed by atoms with Gasteiger partial charge in [-0.2, -0.15) is 0 Å². The molecule has 6 nitrogen and oxygen atoms in total. The number of hydrogen-bond donors (Lipinski definition) is 1. The fourth-order valence-electron chi connectivity index (χ4n) is 2.61. The minimum absolute atomic E-state index is 0.174. The van der Waals surface area contributed by atoms with Crippen LogP contribution in [0.5, 0.6) is 0 Å². The molecule has 0 bridgehead atoms. The van der Waals surface area contributed by atoms with Gasteiger partial charge in [0.25, 0.3) is 5.91 Å². The molecule has 0 saturated carbocycles. The first-order chi connectivity index (χ1) is 12.7. The zero-order chi connectivity index (χ0) is 17.9. The van der Waals surface area contributed by atoms with E-state index < -0.39 is 0 Å². The highest BCUT2D eigenvalue weighted by Gasteiger charge is 2.11. The maximum atomic E-state index is 12.4. The molecule has 0 saturated heterocycles. The first kappa shape index (κ1) is 16.2. The average molecular weight is 364 g/mol. The predicted molar refractivity (Wildman–Crippen MR) is 98.8 cm³/mol. The van der Waals surface area contributed by atoms with Crippen molar-refractivity contribution in [1.82, 2.24) is 24.9 Å². The normalized spacial score (nSPS) is 10.8.